The Morgan fingerprint density at radius 2 is 1.40 bits per heavy atom. The van der Waals surface area contributed by atoms with E-state index in [-0.39, 0.29) is 0 Å². The fourth-order valence-corrected chi connectivity index (χ4v) is 3.17. The minimum Gasteiger partial charge on any atom is -0.493 e. The van der Waals surface area contributed by atoms with Crippen molar-refractivity contribution in [3.05, 3.63) is 35.9 Å². The summed E-state index contributed by atoms with van der Waals surface area (Å²) < 4.78 is 10.9. The van der Waals surface area contributed by atoms with Gasteiger partial charge in [0.15, 0.2) is 11.5 Å². The van der Waals surface area contributed by atoms with Crippen molar-refractivity contribution < 1.29 is 9.47 Å². The van der Waals surface area contributed by atoms with E-state index in [0.29, 0.717) is 0 Å². The Morgan fingerprint density at radius 3 is 2.04 bits per heavy atom. The monoisotopic (exact) mass is 346 g/mol. The highest BCUT2D eigenvalue weighted by Crippen LogP contribution is 2.31. The summed E-state index contributed by atoms with van der Waals surface area (Å²) in [6, 6.07) is 6.16. The number of aryl methyl sites for hydroxylation is 1. The number of hydrogen-bond donors (Lipinski definition) is 0. The van der Waals surface area contributed by atoms with Crippen LogP contribution in [0.2, 0.25) is 0 Å². The summed E-state index contributed by atoms with van der Waals surface area (Å²) in [5.41, 5.74) is 1.26. The Bertz CT molecular complexity index is 465. The van der Waals surface area contributed by atoms with Crippen LogP contribution >= 0.6 is 0 Å². The molecular formula is C23H38O2. The molecule has 1 rings (SSSR count). The predicted octanol–water partition coefficient (Wildman–Crippen LogP) is 7.11. The zero-order valence-corrected chi connectivity index (χ0v) is 16.7. The van der Waals surface area contributed by atoms with Crippen molar-refractivity contribution in [2.24, 2.45) is 0 Å². The van der Waals surface area contributed by atoms with E-state index in [0.717, 1.165) is 17.9 Å². The molecule has 0 atom stereocenters. The van der Waals surface area contributed by atoms with Gasteiger partial charge in [-0.15, -0.1) is 0 Å². The molecule has 2 nitrogen and oxygen atoms in total. The van der Waals surface area contributed by atoms with E-state index >= 15 is 0 Å². The van der Waals surface area contributed by atoms with Crippen LogP contribution in [0.3, 0.4) is 0 Å². The van der Waals surface area contributed by atoms with Gasteiger partial charge in [0.2, 0.25) is 0 Å². The van der Waals surface area contributed by atoms with E-state index in [1.54, 1.807) is 14.2 Å². The highest BCUT2D eigenvalue weighted by Gasteiger charge is 2.08. The molecule has 0 bridgehead atoms. The van der Waals surface area contributed by atoms with Crippen LogP contribution in [0, 0.1) is 0 Å². The fraction of sp³-hybridized carbons (Fsp3) is 0.652. The van der Waals surface area contributed by atoms with Crippen molar-refractivity contribution in [1.29, 1.82) is 0 Å². The van der Waals surface area contributed by atoms with Gasteiger partial charge in [-0.1, -0.05) is 76.2 Å². The average Bonchev–Trinajstić information content (AvgIpc) is 2.65. The molecule has 0 amide bonds. The lowest BCUT2D eigenvalue weighted by Gasteiger charge is -2.12. The molecule has 142 valence electrons. The molecule has 0 radical (unpaired) electrons. The number of benzene rings is 1. The molecule has 0 aliphatic rings. The number of rotatable bonds is 15. The molecular weight excluding hydrogens is 308 g/mol. The number of ether oxygens (including phenoxy) is 2. The van der Waals surface area contributed by atoms with Crippen molar-refractivity contribution in [3.8, 4) is 11.5 Å². The summed E-state index contributed by atoms with van der Waals surface area (Å²) in [6.07, 6.45) is 20.3. The second-order valence-corrected chi connectivity index (χ2v) is 6.78. The predicted molar refractivity (Wildman–Crippen MR) is 109 cm³/mol. The topological polar surface area (TPSA) is 18.5 Å². The maximum absolute atomic E-state index is 5.50. The number of para-hydroxylation sites is 1. The lowest BCUT2D eigenvalue weighted by atomic mass is 10.0. The molecule has 0 spiro atoms. The summed E-state index contributed by atoms with van der Waals surface area (Å²) in [5.74, 6) is 1.74. The van der Waals surface area contributed by atoms with Gasteiger partial charge in [-0.3, -0.25) is 0 Å². The molecule has 0 heterocycles. The third kappa shape index (κ3) is 9.57. The van der Waals surface area contributed by atoms with E-state index in [1.807, 2.05) is 12.1 Å². The lowest BCUT2D eigenvalue weighted by Crippen LogP contribution is -1.96. The molecule has 1 aromatic carbocycles. The van der Waals surface area contributed by atoms with E-state index in [4.69, 9.17) is 9.47 Å². The summed E-state index contributed by atoms with van der Waals surface area (Å²) in [5, 5.41) is 0. The normalized spacial score (nSPS) is 11.2. The van der Waals surface area contributed by atoms with Gasteiger partial charge >= 0.3 is 0 Å². The van der Waals surface area contributed by atoms with Crippen molar-refractivity contribution in [3.63, 3.8) is 0 Å². The van der Waals surface area contributed by atoms with Gasteiger partial charge in [-0.25, -0.2) is 0 Å². The van der Waals surface area contributed by atoms with E-state index in [2.05, 4.69) is 25.1 Å². The molecule has 0 fully saturated rings. The van der Waals surface area contributed by atoms with Crippen LogP contribution in [0.25, 0.3) is 0 Å². The average molecular weight is 347 g/mol. The van der Waals surface area contributed by atoms with Crippen LogP contribution in [0.4, 0.5) is 0 Å². The number of allylic oxidation sites excluding steroid dienone is 2. The van der Waals surface area contributed by atoms with Gasteiger partial charge < -0.3 is 9.47 Å². The van der Waals surface area contributed by atoms with Crippen LogP contribution in [0.1, 0.15) is 83.1 Å². The zero-order valence-electron chi connectivity index (χ0n) is 16.7. The maximum Gasteiger partial charge on any atom is 0.163 e. The molecule has 0 saturated carbocycles. The van der Waals surface area contributed by atoms with Crippen molar-refractivity contribution in [2.45, 2.75) is 84.0 Å². The third-order valence-electron chi connectivity index (χ3n) is 4.69. The van der Waals surface area contributed by atoms with Crippen LogP contribution < -0.4 is 9.47 Å². The number of methoxy groups -OCH3 is 2. The Hall–Kier alpha value is -1.44. The van der Waals surface area contributed by atoms with Crippen molar-refractivity contribution >= 4 is 0 Å². The van der Waals surface area contributed by atoms with Gasteiger partial charge in [0.05, 0.1) is 14.2 Å². The smallest absolute Gasteiger partial charge is 0.163 e. The summed E-state index contributed by atoms with van der Waals surface area (Å²) in [4.78, 5) is 0. The maximum atomic E-state index is 5.50. The van der Waals surface area contributed by atoms with E-state index < -0.39 is 0 Å². The zero-order chi connectivity index (χ0) is 18.2. The number of hydrogen-bond acceptors (Lipinski definition) is 2. The Kier molecular flexibility index (Phi) is 12.8. The molecule has 2 heteroatoms. The molecule has 0 aliphatic carbocycles. The molecule has 0 N–H and O–H groups in total. The number of unbranched alkanes of at least 4 members (excludes halogenated alkanes) is 9. The summed E-state index contributed by atoms with van der Waals surface area (Å²) >= 11 is 0. The first-order valence-corrected chi connectivity index (χ1v) is 10.2. The quantitative estimate of drug-likeness (QED) is 0.249. The molecule has 0 saturated heterocycles. The van der Waals surface area contributed by atoms with E-state index in [1.165, 1.54) is 76.2 Å². The molecule has 0 unspecified atom stereocenters. The van der Waals surface area contributed by atoms with Crippen LogP contribution in [0.5, 0.6) is 11.5 Å². The van der Waals surface area contributed by atoms with Crippen LogP contribution in [-0.4, -0.2) is 14.2 Å². The Morgan fingerprint density at radius 1 is 0.760 bits per heavy atom. The van der Waals surface area contributed by atoms with E-state index in [9.17, 15) is 0 Å². The third-order valence-corrected chi connectivity index (χ3v) is 4.69. The minimum absolute atomic E-state index is 0.837. The van der Waals surface area contributed by atoms with Crippen molar-refractivity contribution in [1.82, 2.24) is 0 Å². The molecule has 1 aromatic rings. The summed E-state index contributed by atoms with van der Waals surface area (Å²) in [6.45, 7) is 2.25. The standard InChI is InChI=1S/C23H38O2/c1-4-5-6-7-8-9-10-11-12-13-14-15-16-18-21-19-17-20-22(24-2)23(21)25-3/h7-8,17,19-20H,4-6,9-16,18H2,1-3H3. The van der Waals surface area contributed by atoms with Crippen LogP contribution in [-0.2, 0) is 6.42 Å². The Labute approximate surface area is 155 Å². The van der Waals surface area contributed by atoms with Gasteiger partial charge in [0, 0.05) is 0 Å². The second-order valence-electron chi connectivity index (χ2n) is 6.78. The van der Waals surface area contributed by atoms with Crippen molar-refractivity contribution in [2.75, 3.05) is 14.2 Å². The molecule has 0 aliphatic heterocycles. The SMILES string of the molecule is CCCCC=CCCCCCCCCCc1cccc(OC)c1OC. The first-order valence-electron chi connectivity index (χ1n) is 10.2. The van der Waals surface area contributed by atoms with Gasteiger partial charge in [0.1, 0.15) is 0 Å². The minimum atomic E-state index is 0.837. The largest absolute Gasteiger partial charge is 0.493 e. The van der Waals surface area contributed by atoms with Gasteiger partial charge in [0.25, 0.3) is 0 Å². The second kappa shape index (κ2) is 14.9. The van der Waals surface area contributed by atoms with Gasteiger partial charge in [-0.2, -0.15) is 0 Å². The van der Waals surface area contributed by atoms with Gasteiger partial charge in [-0.05, 0) is 43.7 Å². The first-order chi connectivity index (χ1) is 12.3. The first kappa shape index (κ1) is 21.6. The fourth-order valence-electron chi connectivity index (χ4n) is 3.17. The Balaban J connectivity index is 2.03. The molecule has 0 aromatic heterocycles. The highest BCUT2D eigenvalue weighted by molar-refractivity contribution is 5.46. The van der Waals surface area contributed by atoms with Crippen LogP contribution in [0.15, 0.2) is 30.4 Å². The lowest BCUT2D eigenvalue weighted by molar-refractivity contribution is 0.351. The highest BCUT2D eigenvalue weighted by atomic mass is 16.5. The molecule has 25 heavy (non-hydrogen) atoms. The summed E-state index contributed by atoms with van der Waals surface area (Å²) in [7, 11) is 3.42.